The fourth-order valence-corrected chi connectivity index (χ4v) is 1.87. The zero-order valence-corrected chi connectivity index (χ0v) is 12.8. The van der Waals surface area contributed by atoms with Crippen molar-refractivity contribution in [3.8, 4) is 0 Å². The van der Waals surface area contributed by atoms with Crippen LogP contribution in [0.4, 0.5) is 13.2 Å². The summed E-state index contributed by atoms with van der Waals surface area (Å²) >= 11 is 0. The molecule has 2 amide bonds. The van der Waals surface area contributed by atoms with Crippen LogP contribution in [0.15, 0.2) is 24.3 Å². The number of carbonyl (C=O) groups is 2. The number of carbonyl (C=O) groups excluding carboxylic acids is 2. The zero-order chi connectivity index (χ0) is 17.1. The highest BCUT2D eigenvalue weighted by atomic mass is 19.4. The van der Waals surface area contributed by atoms with Crippen molar-refractivity contribution in [3.63, 3.8) is 0 Å². The van der Waals surface area contributed by atoms with Crippen molar-refractivity contribution in [2.45, 2.75) is 33.0 Å². The first kappa shape index (κ1) is 18.0. The maximum absolute atomic E-state index is 12.7. The maximum atomic E-state index is 12.7. The van der Waals surface area contributed by atoms with Crippen molar-refractivity contribution >= 4 is 11.8 Å². The molecule has 1 atom stereocenters. The Labute approximate surface area is 127 Å². The number of halogens is 3. The van der Waals surface area contributed by atoms with Crippen molar-refractivity contribution in [1.29, 1.82) is 0 Å². The van der Waals surface area contributed by atoms with Crippen molar-refractivity contribution in [1.82, 2.24) is 10.6 Å². The molecule has 1 rings (SSSR count). The fraction of sp³-hybridized carbons (Fsp3) is 0.467. The first-order valence-corrected chi connectivity index (χ1v) is 6.66. The van der Waals surface area contributed by atoms with Crippen molar-refractivity contribution in [2.24, 2.45) is 5.41 Å². The molecule has 0 aliphatic rings. The molecular formula is C15H19F3N2O2. The molecule has 0 spiro atoms. The molecule has 22 heavy (non-hydrogen) atoms. The van der Waals surface area contributed by atoms with E-state index in [9.17, 15) is 22.8 Å². The van der Waals surface area contributed by atoms with Crippen LogP contribution in [0, 0.1) is 5.41 Å². The lowest BCUT2D eigenvalue weighted by Gasteiger charge is -2.29. The van der Waals surface area contributed by atoms with Crippen LogP contribution < -0.4 is 10.6 Å². The number of amides is 2. The Hall–Kier alpha value is -2.05. The van der Waals surface area contributed by atoms with Crippen molar-refractivity contribution < 1.29 is 22.8 Å². The third-order valence-electron chi connectivity index (χ3n) is 3.10. The van der Waals surface area contributed by atoms with Gasteiger partial charge in [0.2, 0.25) is 5.91 Å². The van der Waals surface area contributed by atoms with E-state index >= 15 is 0 Å². The standard InChI is InChI=1S/C15H19F3N2O2/c1-14(2,3)11(13(22)19-4)20-12(21)9-6-5-7-10(8-9)15(16,17)18/h5-8,11H,1-4H3,(H,19,22)(H,20,21)/t11-/m1/s1. The molecule has 4 nitrogen and oxygen atoms in total. The summed E-state index contributed by atoms with van der Waals surface area (Å²) in [4.78, 5) is 24.0. The van der Waals surface area contributed by atoms with Gasteiger partial charge in [0.25, 0.3) is 5.91 Å². The van der Waals surface area contributed by atoms with Crippen molar-refractivity contribution in [3.05, 3.63) is 35.4 Å². The van der Waals surface area contributed by atoms with Crippen LogP contribution in [-0.4, -0.2) is 24.9 Å². The van der Waals surface area contributed by atoms with Gasteiger partial charge in [-0.2, -0.15) is 13.2 Å². The molecule has 1 aromatic carbocycles. The van der Waals surface area contributed by atoms with Crippen LogP contribution in [0.2, 0.25) is 0 Å². The number of nitrogens with one attached hydrogen (secondary N) is 2. The monoisotopic (exact) mass is 316 g/mol. The van der Waals surface area contributed by atoms with Crippen LogP contribution in [-0.2, 0) is 11.0 Å². The highest BCUT2D eigenvalue weighted by molar-refractivity contribution is 5.97. The van der Waals surface area contributed by atoms with Crippen LogP contribution in [0.3, 0.4) is 0 Å². The predicted molar refractivity (Wildman–Crippen MR) is 76.2 cm³/mol. The van der Waals surface area contributed by atoms with E-state index in [0.29, 0.717) is 0 Å². The van der Waals surface area contributed by atoms with Gasteiger partial charge in [0.15, 0.2) is 0 Å². The van der Waals surface area contributed by atoms with Gasteiger partial charge in [0, 0.05) is 12.6 Å². The van der Waals surface area contributed by atoms with Gasteiger partial charge < -0.3 is 10.6 Å². The first-order chi connectivity index (χ1) is 9.96. The number of rotatable bonds is 3. The van der Waals surface area contributed by atoms with Crippen LogP contribution >= 0.6 is 0 Å². The van der Waals surface area contributed by atoms with Crippen LogP contribution in [0.5, 0.6) is 0 Å². The molecule has 0 saturated heterocycles. The van der Waals surface area contributed by atoms with E-state index < -0.39 is 35.0 Å². The van der Waals surface area contributed by atoms with Gasteiger partial charge in [0.1, 0.15) is 6.04 Å². The Morgan fingerprint density at radius 3 is 2.18 bits per heavy atom. The Balaban J connectivity index is 3.03. The average Bonchev–Trinajstić information content (AvgIpc) is 2.41. The summed E-state index contributed by atoms with van der Waals surface area (Å²) in [5, 5.41) is 4.91. The van der Waals surface area contributed by atoms with E-state index in [2.05, 4.69) is 10.6 Å². The quantitative estimate of drug-likeness (QED) is 0.900. The van der Waals surface area contributed by atoms with Gasteiger partial charge in [-0.1, -0.05) is 26.8 Å². The Kier molecular flexibility index (Phi) is 5.22. The SMILES string of the molecule is CNC(=O)[C@@H](NC(=O)c1cccc(C(F)(F)F)c1)C(C)(C)C. The van der Waals surface area contributed by atoms with Crippen molar-refractivity contribution in [2.75, 3.05) is 7.05 Å². The molecule has 1 aromatic rings. The first-order valence-electron chi connectivity index (χ1n) is 6.66. The normalized spacial score (nSPS) is 13.4. The molecule has 0 saturated carbocycles. The summed E-state index contributed by atoms with van der Waals surface area (Å²) in [6.07, 6.45) is -4.53. The van der Waals surface area contributed by atoms with E-state index in [-0.39, 0.29) is 5.56 Å². The second-order valence-electron chi connectivity index (χ2n) is 5.97. The fourth-order valence-electron chi connectivity index (χ4n) is 1.87. The molecule has 0 bridgehead atoms. The molecule has 0 aromatic heterocycles. The van der Waals surface area contributed by atoms with E-state index in [1.165, 1.54) is 13.1 Å². The summed E-state index contributed by atoms with van der Waals surface area (Å²) < 4.78 is 38.0. The summed E-state index contributed by atoms with van der Waals surface area (Å²) in [6, 6.07) is 3.22. The average molecular weight is 316 g/mol. The van der Waals surface area contributed by atoms with Crippen LogP contribution in [0.25, 0.3) is 0 Å². The van der Waals surface area contributed by atoms with Gasteiger partial charge in [0.05, 0.1) is 5.56 Å². The molecule has 7 heteroatoms. The number of hydrogen-bond donors (Lipinski definition) is 2. The third kappa shape index (κ3) is 4.47. The molecule has 0 aliphatic heterocycles. The summed E-state index contributed by atoms with van der Waals surface area (Å²) in [5.41, 5.74) is -1.64. The lowest BCUT2D eigenvalue weighted by Crippen LogP contribution is -2.52. The highest BCUT2D eigenvalue weighted by Crippen LogP contribution is 2.29. The van der Waals surface area contributed by atoms with Gasteiger partial charge in [-0.05, 0) is 23.6 Å². The number of benzene rings is 1. The molecule has 2 N–H and O–H groups in total. The molecule has 0 heterocycles. The van der Waals surface area contributed by atoms with Gasteiger partial charge in [-0.15, -0.1) is 0 Å². The summed E-state index contributed by atoms with van der Waals surface area (Å²) in [5.74, 6) is -1.14. The lowest BCUT2D eigenvalue weighted by atomic mass is 9.86. The lowest BCUT2D eigenvalue weighted by molar-refractivity contribution is -0.137. The maximum Gasteiger partial charge on any atom is 0.416 e. The Morgan fingerprint density at radius 1 is 1.14 bits per heavy atom. The molecule has 0 aliphatic carbocycles. The molecule has 0 unspecified atom stereocenters. The minimum absolute atomic E-state index is 0.145. The van der Waals surface area contributed by atoms with E-state index in [1.54, 1.807) is 20.8 Å². The number of alkyl halides is 3. The smallest absolute Gasteiger partial charge is 0.357 e. The van der Waals surface area contributed by atoms with E-state index in [4.69, 9.17) is 0 Å². The van der Waals surface area contributed by atoms with Gasteiger partial charge >= 0.3 is 6.18 Å². The number of hydrogen-bond acceptors (Lipinski definition) is 2. The topological polar surface area (TPSA) is 58.2 Å². The molecular weight excluding hydrogens is 297 g/mol. The summed E-state index contributed by atoms with van der Waals surface area (Å²) in [7, 11) is 1.43. The minimum Gasteiger partial charge on any atom is -0.357 e. The number of likely N-dealkylation sites (N-methyl/N-ethyl adjacent to an activating group) is 1. The molecule has 122 valence electrons. The highest BCUT2D eigenvalue weighted by Gasteiger charge is 2.34. The Morgan fingerprint density at radius 2 is 1.73 bits per heavy atom. The van der Waals surface area contributed by atoms with E-state index in [0.717, 1.165) is 18.2 Å². The molecule has 0 radical (unpaired) electrons. The van der Waals surface area contributed by atoms with Crippen LogP contribution in [0.1, 0.15) is 36.7 Å². The minimum atomic E-state index is -4.53. The summed E-state index contributed by atoms with van der Waals surface area (Å²) in [6.45, 7) is 5.25. The molecule has 0 fully saturated rings. The van der Waals surface area contributed by atoms with E-state index in [1.807, 2.05) is 0 Å². The van der Waals surface area contributed by atoms with Gasteiger partial charge in [-0.3, -0.25) is 9.59 Å². The predicted octanol–water partition coefficient (Wildman–Crippen LogP) is 2.60. The second kappa shape index (κ2) is 6.37. The Bertz CT molecular complexity index is 563. The zero-order valence-electron chi connectivity index (χ0n) is 12.8. The third-order valence-corrected chi connectivity index (χ3v) is 3.10. The van der Waals surface area contributed by atoms with Gasteiger partial charge in [-0.25, -0.2) is 0 Å². The second-order valence-corrected chi connectivity index (χ2v) is 5.97. The largest absolute Gasteiger partial charge is 0.416 e.